The van der Waals surface area contributed by atoms with Crippen LogP contribution in [-0.2, 0) is 4.79 Å². The van der Waals surface area contributed by atoms with Crippen molar-refractivity contribution in [3.05, 3.63) is 62.0 Å². The van der Waals surface area contributed by atoms with Gasteiger partial charge in [-0.3, -0.25) is 9.59 Å². The predicted molar refractivity (Wildman–Crippen MR) is 85.8 cm³/mol. The summed E-state index contributed by atoms with van der Waals surface area (Å²) in [6.45, 7) is 1.07. The summed E-state index contributed by atoms with van der Waals surface area (Å²) in [6, 6.07) is 4.43. The van der Waals surface area contributed by atoms with E-state index in [1.807, 2.05) is 0 Å². The predicted octanol–water partition coefficient (Wildman–Crippen LogP) is 0.921. The van der Waals surface area contributed by atoms with E-state index in [2.05, 4.69) is 9.82 Å². The molecule has 24 heavy (non-hydrogen) atoms. The number of nitrogens with one attached hydrogen (secondary N) is 1. The second-order valence-electron chi connectivity index (χ2n) is 4.93. The van der Waals surface area contributed by atoms with Gasteiger partial charge in [0.25, 0.3) is 5.56 Å². The smallest absolute Gasteiger partial charge is 0.329 e. The molecule has 0 atom stereocenters. The Hall–Kier alpha value is -3.13. The summed E-state index contributed by atoms with van der Waals surface area (Å²) in [6.07, 6.45) is 3.82. The van der Waals surface area contributed by atoms with E-state index < -0.39 is 17.2 Å². The molecule has 3 aromatic rings. The van der Waals surface area contributed by atoms with Gasteiger partial charge in [0.15, 0.2) is 6.29 Å². The molecule has 0 unspecified atom stereocenters. The highest BCUT2D eigenvalue weighted by atomic mass is 35.5. The second kappa shape index (κ2) is 5.82. The quantitative estimate of drug-likeness (QED) is 0.710. The van der Waals surface area contributed by atoms with Gasteiger partial charge >= 0.3 is 11.7 Å². The van der Waals surface area contributed by atoms with Gasteiger partial charge in [-0.1, -0.05) is 16.3 Å². The first-order valence-electron chi connectivity index (χ1n) is 6.72. The highest BCUT2D eigenvalue weighted by Gasteiger charge is 2.14. The van der Waals surface area contributed by atoms with Crippen LogP contribution in [0.4, 0.5) is 0 Å². The first-order valence-corrected chi connectivity index (χ1v) is 7.09. The third-order valence-electron chi connectivity index (χ3n) is 3.28. The first-order chi connectivity index (χ1) is 11.4. The Morgan fingerprint density at radius 1 is 1.33 bits per heavy atom. The third-order valence-corrected chi connectivity index (χ3v) is 3.58. The molecule has 0 saturated carbocycles. The maximum atomic E-state index is 12.4. The lowest BCUT2D eigenvalue weighted by Crippen LogP contribution is -2.41. The highest BCUT2D eigenvalue weighted by molar-refractivity contribution is 6.33. The third kappa shape index (κ3) is 2.63. The van der Waals surface area contributed by atoms with Gasteiger partial charge in [-0.2, -0.15) is 0 Å². The molecule has 3 rings (SSSR count). The number of hydrogen-bond donors (Lipinski definition) is 1. The Labute approximate surface area is 138 Å². The largest absolute Gasteiger partial charge is 0.363 e. The van der Waals surface area contributed by atoms with Crippen molar-refractivity contribution >= 4 is 34.8 Å². The molecule has 0 aliphatic rings. The SMILES string of the molecule is CC(=O)On1c(=O)[nH]c2cc(Cl)c(-n3ccc(C=O)c3)cc2c1=O. The fraction of sp³-hybridized carbons (Fsp3) is 0.0667. The van der Waals surface area contributed by atoms with Gasteiger partial charge < -0.3 is 14.4 Å². The van der Waals surface area contributed by atoms with E-state index in [9.17, 15) is 19.2 Å². The minimum absolute atomic E-state index is 0.0941. The Kier molecular flexibility index (Phi) is 3.82. The van der Waals surface area contributed by atoms with Crippen molar-refractivity contribution in [2.45, 2.75) is 6.92 Å². The number of rotatable bonds is 3. The molecule has 0 radical (unpaired) electrons. The number of H-pyrrole nitrogens is 1. The Morgan fingerprint density at radius 3 is 2.71 bits per heavy atom. The van der Waals surface area contributed by atoms with Crippen molar-refractivity contribution in [2.24, 2.45) is 0 Å². The molecule has 122 valence electrons. The zero-order valence-corrected chi connectivity index (χ0v) is 13.0. The minimum atomic E-state index is -0.893. The van der Waals surface area contributed by atoms with Crippen LogP contribution in [0.1, 0.15) is 17.3 Å². The summed E-state index contributed by atoms with van der Waals surface area (Å²) < 4.78 is 1.90. The molecule has 2 heterocycles. The summed E-state index contributed by atoms with van der Waals surface area (Å²) in [4.78, 5) is 53.1. The first kappa shape index (κ1) is 15.8. The molecule has 8 nitrogen and oxygen atoms in total. The average Bonchev–Trinajstić information content (AvgIpc) is 2.99. The van der Waals surface area contributed by atoms with E-state index in [-0.39, 0.29) is 15.9 Å². The van der Waals surface area contributed by atoms with Crippen molar-refractivity contribution < 1.29 is 14.4 Å². The van der Waals surface area contributed by atoms with E-state index >= 15 is 0 Å². The molecule has 1 N–H and O–H groups in total. The van der Waals surface area contributed by atoms with Crippen LogP contribution in [0.15, 0.2) is 40.2 Å². The molecule has 0 spiro atoms. The van der Waals surface area contributed by atoms with Crippen LogP contribution in [0.3, 0.4) is 0 Å². The Bertz CT molecular complexity index is 1090. The van der Waals surface area contributed by atoms with Crippen LogP contribution >= 0.6 is 11.6 Å². The molecule has 0 aliphatic heterocycles. The van der Waals surface area contributed by atoms with Crippen molar-refractivity contribution in [2.75, 3.05) is 0 Å². The van der Waals surface area contributed by atoms with Crippen LogP contribution in [0.5, 0.6) is 0 Å². The fourth-order valence-corrected chi connectivity index (χ4v) is 2.51. The number of carbonyl (C=O) groups excluding carboxylic acids is 2. The van der Waals surface area contributed by atoms with Crippen LogP contribution in [0.25, 0.3) is 16.6 Å². The van der Waals surface area contributed by atoms with Crippen LogP contribution in [-0.4, -0.2) is 26.5 Å². The number of aromatic amines is 1. The fourth-order valence-electron chi connectivity index (χ4n) is 2.25. The maximum Gasteiger partial charge on any atom is 0.363 e. The van der Waals surface area contributed by atoms with Crippen molar-refractivity contribution in [1.82, 2.24) is 14.3 Å². The Morgan fingerprint density at radius 2 is 2.08 bits per heavy atom. The lowest BCUT2D eigenvalue weighted by atomic mass is 10.2. The normalized spacial score (nSPS) is 10.8. The zero-order valence-electron chi connectivity index (χ0n) is 12.3. The number of fused-ring (bicyclic) bond motifs is 1. The molecular weight excluding hydrogens is 338 g/mol. The van der Waals surface area contributed by atoms with Gasteiger partial charge in [-0.15, -0.1) is 0 Å². The van der Waals surface area contributed by atoms with Gasteiger partial charge in [0.1, 0.15) is 0 Å². The highest BCUT2D eigenvalue weighted by Crippen LogP contribution is 2.24. The van der Waals surface area contributed by atoms with Crippen LogP contribution < -0.4 is 16.1 Å². The van der Waals surface area contributed by atoms with Gasteiger partial charge in [-0.25, -0.2) is 9.59 Å². The van der Waals surface area contributed by atoms with Crippen molar-refractivity contribution in [3.63, 3.8) is 0 Å². The number of aldehydes is 1. The zero-order chi connectivity index (χ0) is 17.4. The Balaban J connectivity index is 2.29. The van der Waals surface area contributed by atoms with Gasteiger partial charge in [0.2, 0.25) is 0 Å². The molecule has 2 aromatic heterocycles. The molecule has 0 aliphatic carbocycles. The van der Waals surface area contributed by atoms with E-state index in [1.165, 1.54) is 18.3 Å². The van der Waals surface area contributed by atoms with E-state index in [4.69, 9.17) is 11.6 Å². The summed E-state index contributed by atoms with van der Waals surface area (Å²) in [5, 5.41) is 0.354. The van der Waals surface area contributed by atoms with Gasteiger partial charge in [-0.05, 0) is 18.2 Å². The summed E-state index contributed by atoms with van der Waals surface area (Å²) in [5.74, 6) is -0.808. The lowest BCUT2D eigenvalue weighted by molar-refractivity contribution is -0.142. The topological polar surface area (TPSA) is 103 Å². The van der Waals surface area contributed by atoms with Gasteiger partial charge in [0, 0.05) is 24.9 Å². The summed E-state index contributed by atoms with van der Waals surface area (Å²) >= 11 is 6.19. The summed E-state index contributed by atoms with van der Waals surface area (Å²) in [5.41, 5.74) is -0.633. The number of hydrogen-bond acceptors (Lipinski definition) is 5. The maximum absolute atomic E-state index is 12.4. The van der Waals surface area contributed by atoms with E-state index in [0.29, 0.717) is 22.3 Å². The van der Waals surface area contributed by atoms with Crippen molar-refractivity contribution in [1.29, 1.82) is 0 Å². The van der Waals surface area contributed by atoms with Crippen molar-refractivity contribution in [3.8, 4) is 5.69 Å². The number of benzene rings is 1. The molecule has 9 heteroatoms. The molecule has 0 amide bonds. The molecular formula is C15H10ClN3O5. The van der Waals surface area contributed by atoms with Crippen LogP contribution in [0.2, 0.25) is 5.02 Å². The summed E-state index contributed by atoms with van der Waals surface area (Å²) in [7, 11) is 0. The molecule has 0 fully saturated rings. The molecule has 0 saturated heterocycles. The van der Waals surface area contributed by atoms with Gasteiger partial charge in [0.05, 0.1) is 21.6 Å². The van der Waals surface area contributed by atoms with E-state index in [1.54, 1.807) is 16.8 Å². The number of carbonyl (C=O) groups is 2. The van der Waals surface area contributed by atoms with Crippen LogP contribution in [0, 0.1) is 0 Å². The number of aromatic nitrogens is 3. The molecule has 1 aromatic carbocycles. The standard InChI is InChI=1S/C15H10ClN3O5/c1-8(21)24-19-14(22)10-4-13(18-3-2-9(6-18)7-20)11(16)5-12(10)17-15(19)23/h2-7H,1H3,(H,17,23). The number of nitrogens with zero attached hydrogens (tertiary/aromatic N) is 2. The molecule has 0 bridgehead atoms. The van der Waals surface area contributed by atoms with E-state index in [0.717, 1.165) is 6.92 Å². The minimum Gasteiger partial charge on any atom is -0.329 e. The average molecular weight is 348 g/mol. The second-order valence-corrected chi connectivity index (χ2v) is 5.34. The lowest BCUT2D eigenvalue weighted by Gasteiger charge is -2.09. The number of halogens is 1. The monoisotopic (exact) mass is 347 g/mol.